The van der Waals surface area contributed by atoms with Crippen LogP contribution in [0, 0.1) is 5.92 Å². The van der Waals surface area contributed by atoms with Crippen LogP contribution in [0.1, 0.15) is 45.2 Å². The number of benzene rings is 1. The van der Waals surface area contributed by atoms with Gasteiger partial charge in [0.25, 0.3) is 0 Å². The van der Waals surface area contributed by atoms with E-state index < -0.39 is 5.97 Å². The fourth-order valence-corrected chi connectivity index (χ4v) is 2.62. The largest absolute Gasteiger partial charge is 0.481 e. The van der Waals surface area contributed by atoms with Crippen molar-refractivity contribution in [2.45, 2.75) is 39.7 Å². The van der Waals surface area contributed by atoms with Crippen LogP contribution < -0.4 is 5.32 Å². The Kier molecular flexibility index (Phi) is 7.89. The van der Waals surface area contributed by atoms with E-state index in [0.717, 1.165) is 5.56 Å². The van der Waals surface area contributed by atoms with Gasteiger partial charge in [-0.1, -0.05) is 43.6 Å². The molecule has 0 bridgehead atoms. The Morgan fingerprint density at radius 1 is 1.26 bits per heavy atom. The normalized spacial score (nSPS) is 12.0. The summed E-state index contributed by atoms with van der Waals surface area (Å²) in [6.07, 6.45) is 0.460. The minimum atomic E-state index is -0.859. The molecule has 0 aliphatic rings. The summed E-state index contributed by atoms with van der Waals surface area (Å²) >= 11 is 6.24. The molecule has 0 saturated heterocycles. The molecule has 2 amide bonds. The van der Waals surface area contributed by atoms with Crippen LogP contribution in [0.4, 0.5) is 4.79 Å². The van der Waals surface area contributed by atoms with E-state index >= 15 is 0 Å². The number of rotatable bonds is 8. The molecule has 0 spiro atoms. The molecular formula is C17H25ClN2O3. The fraction of sp³-hybridized carbons (Fsp3) is 0.529. The number of hydrogen-bond acceptors (Lipinski definition) is 2. The number of nitrogens with zero attached hydrogens (tertiary/aromatic N) is 1. The molecule has 2 N–H and O–H groups in total. The Balaban J connectivity index is 2.76. The first-order valence-electron chi connectivity index (χ1n) is 7.83. The van der Waals surface area contributed by atoms with Crippen LogP contribution in [0.3, 0.4) is 0 Å². The third-order valence-corrected chi connectivity index (χ3v) is 3.83. The van der Waals surface area contributed by atoms with Crippen molar-refractivity contribution in [3.63, 3.8) is 0 Å². The van der Waals surface area contributed by atoms with Crippen molar-refractivity contribution in [3.8, 4) is 0 Å². The molecule has 6 heteroatoms. The lowest BCUT2D eigenvalue weighted by Gasteiger charge is -2.31. The first-order chi connectivity index (χ1) is 10.8. The number of amides is 2. The van der Waals surface area contributed by atoms with Gasteiger partial charge in [-0.2, -0.15) is 0 Å². The number of carbonyl (C=O) groups excluding carboxylic acids is 1. The number of halogens is 1. The lowest BCUT2D eigenvalue weighted by Crippen LogP contribution is -2.43. The highest BCUT2D eigenvalue weighted by Gasteiger charge is 2.23. The Morgan fingerprint density at radius 3 is 2.48 bits per heavy atom. The molecule has 0 aliphatic heterocycles. The number of urea groups is 1. The topological polar surface area (TPSA) is 69.6 Å². The number of carbonyl (C=O) groups is 2. The van der Waals surface area contributed by atoms with E-state index in [1.165, 1.54) is 0 Å². The van der Waals surface area contributed by atoms with E-state index in [9.17, 15) is 9.59 Å². The first-order valence-corrected chi connectivity index (χ1v) is 8.21. The molecule has 0 fully saturated rings. The second-order valence-electron chi connectivity index (χ2n) is 5.97. The monoisotopic (exact) mass is 340 g/mol. The average molecular weight is 341 g/mol. The molecule has 0 aliphatic carbocycles. The van der Waals surface area contributed by atoms with Gasteiger partial charge in [0.05, 0.1) is 6.04 Å². The van der Waals surface area contributed by atoms with Crippen LogP contribution in [0.15, 0.2) is 24.3 Å². The summed E-state index contributed by atoms with van der Waals surface area (Å²) < 4.78 is 0. The third-order valence-electron chi connectivity index (χ3n) is 3.49. The number of carboxylic acids is 1. The Bertz CT molecular complexity index is 534. The lowest BCUT2D eigenvalue weighted by molar-refractivity contribution is -0.137. The van der Waals surface area contributed by atoms with E-state index in [0.29, 0.717) is 30.5 Å². The van der Waals surface area contributed by atoms with Gasteiger partial charge in [0, 0.05) is 24.5 Å². The molecule has 0 radical (unpaired) electrons. The van der Waals surface area contributed by atoms with E-state index in [1.807, 2.05) is 45.0 Å². The van der Waals surface area contributed by atoms with Gasteiger partial charge in [-0.3, -0.25) is 4.79 Å². The summed E-state index contributed by atoms with van der Waals surface area (Å²) in [4.78, 5) is 24.7. The van der Waals surface area contributed by atoms with Gasteiger partial charge < -0.3 is 15.3 Å². The third kappa shape index (κ3) is 6.48. The highest BCUT2D eigenvalue weighted by atomic mass is 35.5. The van der Waals surface area contributed by atoms with Gasteiger partial charge in [0.15, 0.2) is 0 Å². The van der Waals surface area contributed by atoms with Crippen LogP contribution in [-0.4, -0.2) is 35.1 Å². The molecule has 1 unspecified atom stereocenters. The predicted octanol–water partition coefficient (Wildman–Crippen LogP) is 3.93. The zero-order chi connectivity index (χ0) is 17.4. The zero-order valence-corrected chi connectivity index (χ0v) is 14.6. The molecule has 1 aromatic rings. The molecule has 23 heavy (non-hydrogen) atoms. The van der Waals surface area contributed by atoms with Crippen LogP contribution in [-0.2, 0) is 4.79 Å². The minimum Gasteiger partial charge on any atom is -0.481 e. The first kappa shape index (κ1) is 19.3. The Hall–Kier alpha value is -1.75. The second-order valence-corrected chi connectivity index (χ2v) is 6.38. The molecule has 1 rings (SSSR count). The predicted molar refractivity (Wildman–Crippen MR) is 91.7 cm³/mol. The summed E-state index contributed by atoms with van der Waals surface area (Å²) in [5.74, 6) is -0.549. The minimum absolute atomic E-state index is 0.0462. The van der Waals surface area contributed by atoms with Crippen molar-refractivity contribution in [2.24, 2.45) is 5.92 Å². The molecule has 1 aromatic carbocycles. The molecule has 5 nitrogen and oxygen atoms in total. The molecular weight excluding hydrogens is 316 g/mol. The fourth-order valence-electron chi connectivity index (χ4n) is 2.33. The van der Waals surface area contributed by atoms with E-state index in [1.54, 1.807) is 4.90 Å². The van der Waals surface area contributed by atoms with E-state index in [4.69, 9.17) is 16.7 Å². The van der Waals surface area contributed by atoms with E-state index in [-0.39, 0.29) is 18.5 Å². The molecule has 0 aromatic heterocycles. The maximum Gasteiger partial charge on any atom is 0.317 e. The summed E-state index contributed by atoms with van der Waals surface area (Å²) in [7, 11) is 0. The van der Waals surface area contributed by atoms with Crippen molar-refractivity contribution in [2.75, 3.05) is 13.1 Å². The summed E-state index contributed by atoms with van der Waals surface area (Å²) in [6, 6.07) is 7.12. The van der Waals surface area contributed by atoms with Gasteiger partial charge in [0.1, 0.15) is 0 Å². The number of hydrogen-bond donors (Lipinski definition) is 2. The second kappa shape index (κ2) is 9.40. The highest BCUT2D eigenvalue weighted by Crippen LogP contribution is 2.27. The van der Waals surface area contributed by atoms with Crippen LogP contribution in [0.5, 0.6) is 0 Å². The SMILES string of the molecule is CC(C)CN(C(=O)NCCCC(=O)O)C(C)c1ccccc1Cl. The smallest absolute Gasteiger partial charge is 0.317 e. The maximum atomic E-state index is 12.5. The van der Waals surface area contributed by atoms with Crippen molar-refractivity contribution < 1.29 is 14.7 Å². The molecule has 0 saturated carbocycles. The number of nitrogens with one attached hydrogen (secondary N) is 1. The Morgan fingerprint density at radius 2 is 1.91 bits per heavy atom. The standard InChI is InChI=1S/C17H25ClN2O3/c1-12(2)11-20(17(23)19-10-6-9-16(21)22)13(3)14-7-4-5-8-15(14)18/h4-5,7-8,12-13H,6,9-11H2,1-3H3,(H,19,23)(H,21,22). The highest BCUT2D eigenvalue weighted by molar-refractivity contribution is 6.31. The quantitative estimate of drug-likeness (QED) is 0.704. The van der Waals surface area contributed by atoms with Gasteiger partial charge in [0.2, 0.25) is 0 Å². The zero-order valence-electron chi connectivity index (χ0n) is 13.9. The van der Waals surface area contributed by atoms with Gasteiger partial charge in [-0.05, 0) is 30.9 Å². The molecule has 128 valence electrons. The van der Waals surface area contributed by atoms with Gasteiger partial charge >= 0.3 is 12.0 Å². The van der Waals surface area contributed by atoms with Crippen LogP contribution in [0.2, 0.25) is 5.02 Å². The van der Waals surface area contributed by atoms with Gasteiger partial charge in [-0.15, -0.1) is 0 Å². The number of carboxylic acid groups (broad SMARTS) is 1. The van der Waals surface area contributed by atoms with Crippen molar-refractivity contribution in [1.29, 1.82) is 0 Å². The molecule has 0 heterocycles. The Labute approximate surface area is 142 Å². The average Bonchev–Trinajstić information content (AvgIpc) is 2.48. The van der Waals surface area contributed by atoms with Gasteiger partial charge in [-0.25, -0.2) is 4.79 Å². The lowest BCUT2D eigenvalue weighted by atomic mass is 10.1. The van der Waals surface area contributed by atoms with Crippen LogP contribution >= 0.6 is 11.6 Å². The van der Waals surface area contributed by atoms with Crippen molar-refractivity contribution in [1.82, 2.24) is 10.2 Å². The maximum absolute atomic E-state index is 12.5. The van der Waals surface area contributed by atoms with Crippen molar-refractivity contribution in [3.05, 3.63) is 34.9 Å². The summed E-state index contributed by atoms with van der Waals surface area (Å²) in [5, 5.41) is 12.1. The molecule has 1 atom stereocenters. The summed E-state index contributed by atoms with van der Waals surface area (Å²) in [5.41, 5.74) is 0.899. The summed E-state index contributed by atoms with van der Waals surface area (Å²) in [6.45, 7) is 6.97. The number of aliphatic carboxylic acids is 1. The van der Waals surface area contributed by atoms with Crippen molar-refractivity contribution >= 4 is 23.6 Å². The van der Waals surface area contributed by atoms with Crippen LogP contribution in [0.25, 0.3) is 0 Å². The van der Waals surface area contributed by atoms with E-state index in [2.05, 4.69) is 5.32 Å².